The number of benzene rings is 3. The van der Waals surface area contributed by atoms with Gasteiger partial charge in [-0.05, 0) is 77.2 Å². The molecule has 0 radical (unpaired) electrons. The Hall–Kier alpha value is -3.66. The topological polar surface area (TPSA) is 174 Å². The van der Waals surface area contributed by atoms with Crippen LogP contribution < -0.4 is 14.3 Å². The largest absolute Gasteiger partial charge is 0.378 e. The smallest absolute Gasteiger partial charge is 0.339 e. The average molecular weight is 668 g/mol. The quantitative estimate of drug-likeness (QED) is 0.125. The Morgan fingerprint density at radius 3 is 2.34 bits per heavy atom. The van der Waals surface area contributed by atoms with Gasteiger partial charge in [-0.15, -0.1) is 0 Å². The van der Waals surface area contributed by atoms with Crippen molar-refractivity contribution >= 4 is 53.9 Å². The summed E-state index contributed by atoms with van der Waals surface area (Å²) in [6.45, 7) is 5.53. The molecule has 0 unspecified atom stereocenters. The van der Waals surface area contributed by atoms with Crippen molar-refractivity contribution < 1.29 is 30.7 Å². The van der Waals surface area contributed by atoms with E-state index in [2.05, 4.69) is 31.2 Å². The zero-order chi connectivity index (χ0) is 30.4. The van der Waals surface area contributed by atoms with Gasteiger partial charge < -0.3 is 4.18 Å². The number of nitro benzene ring substituents is 1. The molecule has 1 amide bonds. The minimum Gasteiger partial charge on any atom is -0.378 e. The van der Waals surface area contributed by atoms with E-state index in [0.29, 0.717) is 5.56 Å². The van der Waals surface area contributed by atoms with E-state index >= 15 is 0 Å². The normalized spacial score (nSPS) is 12.8. The molecular formula is C26H27BrN4O8S2. The number of carbonyl (C=O) groups excluding carboxylic acids is 1. The third-order valence-corrected chi connectivity index (χ3v) is 8.85. The summed E-state index contributed by atoms with van der Waals surface area (Å²) in [7, 11) is -8.33. The fourth-order valence-corrected chi connectivity index (χ4v) is 6.27. The molecule has 0 heterocycles. The Kier molecular flexibility index (Phi) is 10.4. The highest BCUT2D eigenvalue weighted by Gasteiger charge is 2.26. The van der Waals surface area contributed by atoms with Gasteiger partial charge in [-0.3, -0.25) is 14.9 Å². The predicted molar refractivity (Wildman–Crippen MR) is 156 cm³/mol. The van der Waals surface area contributed by atoms with Gasteiger partial charge in [-0.25, -0.2) is 13.8 Å². The number of nitrogens with zero attached hydrogens (tertiary/aromatic N) is 2. The highest BCUT2D eigenvalue weighted by molar-refractivity contribution is 9.10. The summed E-state index contributed by atoms with van der Waals surface area (Å²) in [6, 6.07) is 13.9. The number of non-ortho nitro benzene ring substituents is 1. The molecule has 15 heteroatoms. The molecule has 0 aliphatic rings. The van der Waals surface area contributed by atoms with Crippen LogP contribution in [0.15, 0.2) is 86.1 Å². The summed E-state index contributed by atoms with van der Waals surface area (Å²) >= 11 is 3.22. The molecule has 0 saturated carbocycles. The van der Waals surface area contributed by atoms with Crippen LogP contribution in [-0.4, -0.2) is 39.9 Å². The maximum atomic E-state index is 12.8. The Morgan fingerprint density at radius 1 is 1.05 bits per heavy atom. The maximum Gasteiger partial charge on any atom is 0.339 e. The zero-order valence-electron chi connectivity index (χ0n) is 22.1. The van der Waals surface area contributed by atoms with Crippen LogP contribution in [0.4, 0.5) is 5.69 Å². The number of sulfonamides is 1. The molecular weight excluding hydrogens is 640 g/mol. The molecule has 218 valence electrons. The van der Waals surface area contributed by atoms with Gasteiger partial charge >= 0.3 is 10.1 Å². The van der Waals surface area contributed by atoms with Gasteiger partial charge in [0.05, 0.1) is 20.5 Å². The molecule has 3 aromatic rings. The third kappa shape index (κ3) is 8.91. The lowest BCUT2D eigenvalue weighted by Gasteiger charge is -2.19. The molecule has 0 spiro atoms. The average Bonchev–Trinajstić information content (AvgIpc) is 2.89. The van der Waals surface area contributed by atoms with E-state index in [0.717, 1.165) is 17.7 Å². The molecule has 0 aliphatic carbocycles. The zero-order valence-corrected chi connectivity index (χ0v) is 25.4. The lowest BCUT2D eigenvalue weighted by molar-refractivity contribution is -0.385. The second-order valence-electron chi connectivity index (χ2n) is 9.33. The van der Waals surface area contributed by atoms with Crippen molar-refractivity contribution in [1.82, 2.24) is 10.1 Å². The van der Waals surface area contributed by atoms with Crippen molar-refractivity contribution in [3.8, 4) is 5.75 Å². The summed E-state index contributed by atoms with van der Waals surface area (Å²) in [5.74, 6) is -0.745. The van der Waals surface area contributed by atoms with E-state index in [-0.39, 0.29) is 32.4 Å². The first-order chi connectivity index (χ1) is 19.2. The predicted octanol–water partition coefficient (Wildman–Crippen LogP) is 4.28. The Morgan fingerprint density at radius 2 is 1.73 bits per heavy atom. The number of hydrogen-bond donors (Lipinski definition) is 2. The van der Waals surface area contributed by atoms with Crippen LogP contribution in [0.2, 0.25) is 0 Å². The minimum atomic E-state index is -4.37. The molecule has 2 N–H and O–H groups in total. The second-order valence-corrected chi connectivity index (χ2v) is 13.4. The summed E-state index contributed by atoms with van der Waals surface area (Å²) < 4.78 is 58.7. The summed E-state index contributed by atoms with van der Waals surface area (Å²) in [6.07, 6.45) is 1.51. The van der Waals surface area contributed by atoms with Crippen LogP contribution in [0.3, 0.4) is 0 Å². The molecule has 12 nitrogen and oxygen atoms in total. The van der Waals surface area contributed by atoms with Gasteiger partial charge in [-0.2, -0.15) is 18.2 Å². The number of aryl methyl sites for hydroxylation is 1. The van der Waals surface area contributed by atoms with Crippen LogP contribution in [0.1, 0.15) is 31.4 Å². The van der Waals surface area contributed by atoms with Crippen molar-refractivity contribution in [3.05, 3.63) is 92.4 Å². The van der Waals surface area contributed by atoms with Gasteiger partial charge in [0.15, 0.2) is 5.75 Å². The van der Waals surface area contributed by atoms with Gasteiger partial charge in [0, 0.05) is 12.1 Å². The van der Waals surface area contributed by atoms with E-state index in [1.807, 2.05) is 20.8 Å². The molecule has 3 aromatic carbocycles. The fourth-order valence-electron chi connectivity index (χ4n) is 3.49. The SMILES string of the molecule is Cc1ccc(S(=O)(=O)N[C@@H](CC(C)C)C(=O)N/N=C\c2ccc(OS(=O)(=O)c3cccc([N+](=O)[O-])c3)c(Br)c2)cc1. The number of carbonyl (C=O) groups is 1. The van der Waals surface area contributed by atoms with Crippen LogP contribution in [0.25, 0.3) is 0 Å². The van der Waals surface area contributed by atoms with Crippen molar-refractivity contribution in [3.63, 3.8) is 0 Å². The van der Waals surface area contributed by atoms with E-state index in [4.69, 9.17) is 4.18 Å². The number of hydrazone groups is 1. The van der Waals surface area contributed by atoms with Gasteiger partial charge in [0.1, 0.15) is 10.9 Å². The third-order valence-electron chi connectivity index (χ3n) is 5.51. The standard InChI is InChI=1S/C26H27BrN4O8S2/c1-17(2)13-24(30-40(35,36)21-10-7-18(3)8-11-21)26(32)29-28-16-19-9-12-25(23(27)14-19)39-41(37,38)22-6-4-5-20(15-22)31(33)34/h4-12,14-17,24,30H,13H2,1-3H3,(H,29,32)/b28-16-/t24-/m0/s1. The van der Waals surface area contributed by atoms with E-state index < -0.39 is 42.7 Å². The van der Waals surface area contributed by atoms with Crippen LogP contribution in [-0.2, 0) is 24.9 Å². The van der Waals surface area contributed by atoms with Gasteiger partial charge in [-0.1, -0.05) is 37.6 Å². The first-order valence-electron chi connectivity index (χ1n) is 12.1. The lowest BCUT2D eigenvalue weighted by atomic mass is 10.0. The molecule has 0 fully saturated rings. The summed E-state index contributed by atoms with van der Waals surface area (Å²) in [4.78, 5) is 22.7. The first kappa shape index (κ1) is 31.9. The summed E-state index contributed by atoms with van der Waals surface area (Å²) in [5, 5.41) is 14.9. The van der Waals surface area contributed by atoms with E-state index in [1.165, 1.54) is 48.7 Å². The van der Waals surface area contributed by atoms with Gasteiger partial charge in [0.25, 0.3) is 11.6 Å². The molecule has 3 rings (SSSR count). The molecule has 41 heavy (non-hydrogen) atoms. The number of rotatable bonds is 12. The molecule has 1 atom stereocenters. The fraction of sp³-hybridized carbons (Fsp3) is 0.231. The van der Waals surface area contributed by atoms with Gasteiger partial charge in [0.2, 0.25) is 10.0 Å². The Bertz CT molecular complexity index is 1680. The maximum absolute atomic E-state index is 12.8. The van der Waals surface area contributed by atoms with Crippen LogP contribution in [0, 0.1) is 23.0 Å². The molecule has 0 saturated heterocycles. The second kappa shape index (κ2) is 13.3. The first-order valence-corrected chi connectivity index (χ1v) is 15.8. The Balaban J connectivity index is 1.70. The van der Waals surface area contributed by atoms with Crippen LogP contribution >= 0.6 is 15.9 Å². The van der Waals surface area contributed by atoms with E-state index in [1.54, 1.807) is 12.1 Å². The number of hydrogen-bond acceptors (Lipinski definition) is 9. The van der Waals surface area contributed by atoms with Crippen molar-refractivity contribution in [2.24, 2.45) is 11.0 Å². The highest BCUT2D eigenvalue weighted by atomic mass is 79.9. The highest BCUT2D eigenvalue weighted by Crippen LogP contribution is 2.29. The lowest BCUT2D eigenvalue weighted by Crippen LogP contribution is -2.46. The van der Waals surface area contributed by atoms with Crippen molar-refractivity contribution in [1.29, 1.82) is 0 Å². The monoisotopic (exact) mass is 666 g/mol. The number of nitro groups is 1. The Labute approximate surface area is 246 Å². The number of amides is 1. The number of halogens is 1. The molecule has 0 aromatic heterocycles. The van der Waals surface area contributed by atoms with Crippen LogP contribution in [0.5, 0.6) is 5.75 Å². The molecule has 0 bridgehead atoms. The number of nitrogens with one attached hydrogen (secondary N) is 2. The van der Waals surface area contributed by atoms with E-state index in [9.17, 15) is 31.7 Å². The van der Waals surface area contributed by atoms with Crippen molar-refractivity contribution in [2.45, 2.75) is 43.0 Å². The van der Waals surface area contributed by atoms with Crippen molar-refractivity contribution in [2.75, 3.05) is 0 Å². The minimum absolute atomic E-state index is 0.00255. The summed E-state index contributed by atoms with van der Waals surface area (Å²) in [5.41, 5.74) is 3.27. The molecule has 0 aliphatic heterocycles.